The lowest BCUT2D eigenvalue weighted by Crippen LogP contribution is -2.24. The molecule has 0 aliphatic rings. The molecule has 1 rings (SSSR count). The van der Waals surface area contributed by atoms with E-state index in [1.54, 1.807) is 6.92 Å². The normalized spacial score (nSPS) is 14.0. The van der Waals surface area contributed by atoms with E-state index in [1.165, 1.54) is 0 Å². The van der Waals surface area contributed by atoms with Crippen molar-refractivity contribution in [3.8, 4) is 0 Å². The second-order valence-corrected chi connectivity index (χ2v) is 6.42. The number of hydrogen-bond donors (Lipinski definition) is 2. The Kier molecular flexibility index (Phi) is 5.57. The van der Waals surface area contributed by atoms with Gasteiger partial charge in [-0.3, -0.25) is 0 Å². The van der Waals surface area contributed by atoms with Crippen LogP contribution < -0.4 is 5.32 Å². The number of nitrogens with one attached hydrogen (secondary N) is 1. The van der Waals surface area contributed by atoms with Gasteiger partial charge in [0.2, 0.25) is 0 Å². The Labute approximate surface area is 119 Å². The Morgan fingerprint density at radius 3 is 2.48 bits per heavy atom. The molecule has 0 radical (unpaired) electrons. The third-order valence-corrected chi connectivity index (χ3v) is 4.18. The minimum absolute atomic E-state index is 0.150. The van der Waals surface area contributed by atoms with E-state index in [2.05, 4.69) is 5.32 Å². The molecule has 1 aromatic rings. The average molecular weight is 329 g/mol. The average Bonchev–Trinajstić information content (AvgIpc) is 2.34. The maximum Gasteiger partial charge on any atom is 0.501 e. The maximum atomic E-state index is 13.1. The van der Waals surface area contributed by atoms with Crippen LogP contribution in [-0.2, 0) is 9.84 Å². The summed E-state index contributed by atoms with van der Waals surface area (Å²) in [6.07, 6.45) is 0.245. The van der Waals surface area contributed by atoms with E-state index in [9.17, 15) is 26.0 Å². The number of benzene rings is 1. The Morgan fingerprint density at radius 1 is 1.33 bits per heavy atom. The Balaban J connectivity index is 3.01. The summed E-state index contributed by atoms with van der Waals surface area (Å²) >= 11 is 0. The topological polar surface area (TPSA) is 66.4 Å². The zero-order valence-corrected chi connectivity index (χ0v) is 11.9. The summed E-state index contributed by atoms with van der Waals surface area (Å²) in [6, 6.07) is 2.14. The molecule has 21 heavy (non-hydrogen) atoms. The Bertz CT molecular complexity index is 585. The van der Waals surface area contributed by atoms with Crippen molar-refractivity contribution >= 4 is 15.5 Å². The summed E-state index contributed by atoms with van der Waals surface area (Å²) in [5.74, 6) is -1.08. The summed E-state index contributed by atoms with van der Waals surface area (Å²) in [7, 11) is -5.63. The van der Waals surface area contributed by atoms with E-state index >= 15 is 0 Å². The number of rotatable bonds is 6. The van der Waals surface area contributed by atoms with E-state index in [4.69, 9.17) is 5.11 Å². The van der Waals surface area contributed by atoms with Gasteiger partial charge in [0, 0.05) is 6.54 Å². The first-order chi connectivity index (χ1) is 9.55. The largest absolute Gasteiger partial charge is 0.501 e. The number of hydrogen-bond acceptors (Lipinski definition) is 4. The van der Waals surface area contributed by atoms with E-state index in [0.717, 1.165) is 12.1 Å². The molecule has 4 nitrogen and oxygen atoms in total. The number of alkyl halides is 3. The lowest BCUT2D eigenvalue weighted by molar-refractivity contribution is -0.0435. The molecule has 0 aromatic heterocycles. The second-order valence-electron chi connectivity index (χ2n) is 4.51. The van der Waals surface area contributed by atoms with Crippen LogP contribution in [0.5, 0.6) is 0 Å². The quantitative estimate of drug-likeness (QED) is 0.622. The maximum absolute atomic E-state index is 13.1. The van der Waals surface area contributed by atoms with Gasteiger partial charge in [-0.05, 0) is 38.0 Å². The fraction of sp³-hybridized carbons (Fsp3) is 0.500. The molecule has 0 saturated carbocycles. The highest BCUT2D eigenvalue weighted by Crippen LogP contribution is 2.34. The summed E-state index contributed by atoms with van der Waals surface area (Å²) in [5.41, 5.74) is -5.82. The van der Waals surface area contributed by atoms with E-state index in [1.807, 2.05) is 0 Å². The Morgan fingerprint density at radius 2 is 1.95 bits per heavy atom. The van der Waals surface area contributed by atoms with Gasteiger partial charge in [0.05, 0.1) is 11.8 Å². The van der Waals surface area contributed by atoms with Crippen LogP contribution in [0.25, 0.3) is 0 Å². The van der Waals surface area contributed by atoms with Crippen LogP contribution in [0.3, 0.4) is 0 Å². The summed E-state index contributed by atoms with van der Waals surface area (Å²) in [6.45, 7) is 1.70. The molecule has 1 atom stereocenters. The molecule has 120 valence electrons. The molecule has 0 heterocycles. The SMILES string of the molecule is CC(O)CCCNc1ccc(F)cc1S(=O)(=O)C(F)(F)F. The second kappa shape index (κ2) is 6.61. The third kappa shape index (κ3) is 4.57. The van der Waals surface area contributed by atoms with Gasteiger partial charge in [-0.2, -0.15) is 13.2 Å². The van der Waals surface area contributed by atoms with Crippen molar-refractivity contribution in [2.45, 2.75) is 36.3 Å². The molecule has 1 aromatic carbocycles. The number of aliphatic hydroxyl groups is 1. The number of anilines is 1. The van der Waals surface area contributed by atoms with Crippen LogP contribution in [-0.4, -0.2) is 31.7 Å². The molecular weight excluding hydrogens is 314 g/mol. The van der Waals surface area contributed by atoms with E-state index in [0.29, 0.717) is 18.9 Å². The van der Waals surface area contributed by atoms with Crippen molar-refractivity contribution in [2.24, 2.45) is 0 Å². The van der Waals surface area contributed by atoms with Crippen molar-refractivity contribution in [3.05, 3.63) is 24.0 Å². The molecule has 2 N–H and O–H groups in total. The smallest absolute Gasteiger partial charge is 0.393 e. The zero-order chi connectivity index (χ0) is 16.3. The minimum atomic E-state index is -5.63. The molecular formula is C12H15F4NO3S. The van der Waals surface area contributed by atoms with Crippen molar-refractivity contribution in [1.29, 1.82) is 0 Å². The van der Waals surface area contributed by atoms with Gasteiger partial charge in [0.15, 0.2) is 0 Å². The molecule has 0 aliphatic carbocycles. The summed E-state index contributed by atoms with van der Waals surface area (Å²) < 4.78 is 73.5. The highest BCUT2D eigenvalue weighted by atomic mass is 32.2. The lowest BCUT2D eigenvalue weighted by atomic mass is 10.2. The fourth-order valence-corrected chi connectivity index (χ4v) is 2.56. The minimum Gasteiger partial charge on any atom is -0.393 e. The molecule has 0 bridgehead atoms. The van der Waals surface area contributed by atoms with Crippen LogP contribution in [0.1, 0.15) is 19.8 Å². The van der Waals surface area contributed by atoms with E-state index in [-0.39, 0.29) is 12.2 Å². The predicted molar refractivity (Wildman–Crippen MR) is 69.0 cm³/mol. The molecule has 0 amide bonds. The highest BCUT2D eigenvalue weighted by Gasteiger charge is 2.48. The highest BCUT2D eigenvalue weighted by molar-refractivity contribution is 7.92. The molecule has 0 fully saturated rings. The van der Waals surface area contributed by atoms with Crippen LogP contribution in [0.2, 0.25) is 0 Å². The van der Waals surface area contributed by atoms with Crippen molar-refractivity contribution < 1.29 is 31.1 Å². The van der Waals surface area contributed by atoms with E-state index < -0.39 is 32.2 Å². The fourth-order valence-electron chi connectivity index (χ4n) is 1.61. The number of aliphatic hydroxyl groups excluding tert-OH is 1. The Hall–Kier alpha value is -1.35. The standard InChI is InChI=1S/C12H15F4NO3S/c1-8(18)3-2-6-17-10-5-4-9(13)7-11(10)21(19,20)12(14,15)16/h4-5,7-8,17-18H,2-3,6H2,1H3. The van der Waals surface area contributed by atoms with Crippen LogP contribution >= 0.6 is 0 Å². The van der Waals surface area contributed by atoms with Gasteiger partial charge in [0.1, 0.15) is 10.7 Å². The van der Waals surface area contributed by atoms with Gasteiger partial charge in [-0.15, -0.1) is 0 Å². The monoisotopic (exact) mass is 329 g/mol. The van der Waals surface area contributed by atoms with Gasteiger partial charge in [-0.25, -0.2) is 12.8 Å². The van der Waals surface area contributed by atoms with Crippen molar-refractivity contribution in [3.63, 3.8) is 0 Å². The van der Waals surface area contributed by atoms with Gasteiger partial charge in [0.25, 0.3) is 9.84 Å². The van der Waals surface area contributed by atoms with Crippen LogP contribution in [0, 0.1) is 5.82 Å². The lowest BCUT2D eigenvalue weighted by Gasteiger charge is -2.14. The van der Waals surface area contributed by atoms with Crippen molar-refractivity contribution in [1.82, 2.24) is 0 Å². The van der Waals surface area contributed by atoms with Gasteiger partial charge < -0.3 is 10.4 Å². The molecule has 1 unspecified atom stereocenters. The first-order valence-electron chi connectivity index (χ1n) is 6.08. The number of halogens is 4. The molecule has 0 aliphatic heterocycles. The number of sulfone groups is 1. The first kappa shape index (κ1) is 17.7. The van der Waals surface area contributed by atoms with Gasteiger partial charge >= 0.3 is 5.51 Å². The first-order valence-corrected chi connectivity index (χ1v) is 7.57. The zero-order valence-electron chi connectivity index (χ0n) is 11.1. The predicted octanol–water partition coefficient (Wildman–Crippen LogP) is 2.69. The third-order valence-electron chi connectivity index (χ3n) is 2.65. The summed E-state index contributed by atoms with van der Waals surface area (Å²) in [5, 5.41) is 11.6. The van der Waals surface area contributed by atoms with Gasteiger partial charge in [-0.1, -0.05) is 0 Å². The molecule has 9 heteroatoms. The van der Waals surface area contributed by atoms with Crippen molar-refractivity contribution in [2.75, 3.05) is 11.9 Å². The summed E-state index contributed by atoms with van der Waals surface area (Å²) in [4.78, 5) is -1.15. The van der Waals surface area contributed by atoms with Crippen LogP contribution in [0.15, 0.2) is 23.1 Å². The van der Waals surface area contributed by atoms with Crippen LogP contribution in [0.4, 0.5) is 23.2 Å². The molecule has 0 saturated heterocycles. The molecule has 0 spiro atoms.